The van der Waals surface area contributed by atoms with Crippen LogP contribution >= 0.6 is 0 Å². The summed E-state index contributed by atoms with van der Waals surface area (Å²) in [4.78, 5) is 35.0. The second kappa shape index (κ2) is 6.23. The van der Waals surface area contributed by atoms with Crippen molar-refractivity contribution >= 4 is 17.9 Å². The molecule has 0 aromatic heterocycles. The first-order chi connectivity index (χ1) is 8.43. The Kier molecular flexibility index (Phi) is 4.94. The number of carbonyl (C=O) groups is 3. The molecule has 3 N–H and O–H groups in total. The van der Waals surface area contributed by atoms with E-state index in [4.69, 9.17) is 5.11 Å². The third kappa shape index (κ3) is 3.90. The zero-order chi connectivity index (χ0) is 13.7. The maximum atomic E-state index is 11.8. The van der Waals surface area contributed by atoms with Crippen molar-refractivity contribution in [1.29, 1.82) is 0 Å². The summed E-state index contributed by atoms with van der Waals surface area (Å²) in [5.41, 5.74) is 0. The van der Waals surface area contributed by atoms with Gasteiger partial charge in [0.25, 0.3) is 0 Å². The molecule has 0 spiro atoms. The molecule has 1 fully saturated rings. The smallest absolute Gasteiger partial charge is 0.326 e. The number of carboxylic acid groups (broad SMARTS) is 1. The van der Waals surface area contributed by atoms with Gasteiger partial charge in [-0.15, -0.1) is 0 Å². The zero-order valence-corrected chi connectivity index (χ0v) is 10.6. The van der Waals surface area contributed by atoms with E-state index in [1.54, 1.807) is 6.92 Å². The Balaban J connectivity index is 2.44. The van der Waals surface area contributed by atoms with Crippen LogP contribution < -0.4 is 10.6 Å². The number of likely N-dealkylation sites (tertiary alicyclic amines) is 1. The van der Waals surface area contributed by atoms with E-state index in [9.17, 15) is 14.4 Å². The molecular weight excluding hydrogens is 238 g/mol. The van der Waals surface area contributed by atoms with Gasteiger partial charge >= 0.3 is 12.0 Å². The molecule has 0 radical (unpaired) electrons. The highest BCUT2D eigenvalue weighted by molar-refractivity contribution is 5.82. The molecule has 7 nitrogen and oxygen atoms in total. The Morgan fingerprint density at radius 1 is 1.44 bits per heavy atom. The molecule has 0 bridgehead atoms. The number of carbonyl (C=O) groups excluding carboxylic acids is 2. The van der Waals surface area contributed by atoms with E-state index in [2.05, 4.69) is 10.6 Å². The van der Waals surface area contributed by atoms with Crippen molar-refractivity contribution in [1.82, 2.24) is 15.5 Å². The lowest BCUT2D eigenvalue weighted by Gasteiger charge is -2.20. The normalized spacial score (nSPS) is 20.3. The Morgan fingerprint density at radius 2 is 2.11 bits per heavy atom. The first-order valence-corrected chi connectivity index (χ1v) is 5.99. The highest BCUT2D eigenvalue weighted by atomic mass is 16.4. The van der Waals surface area contributed by atoms with Crippen molar-refractivity contribution in [2.75, 3.05) is 13.1 Å². The van der Waals surface area contributed by atoms with Gasteiger partial charge in [-0.05, 0) is 12.8 Å². The van der Waals surface area contributed by atoms with E-state index in [1.807, 2.05) is 0 Å². The van der Waals surface area contributed by atoms with Gasteiger partial charge in [-0.1, -0.05) is 6.92 Å². The fraction of sp³-hybridized carbons (Fsp3) is 0.727. The molecule has 0 saturated carbocycles. The quantitative estimate of drug-likeness (QED) is 0.647. The van der Waals surface area contributed by atoms with E-state index in [1.165, 1.54) is 11.8 Å². The third-order valence-corrected chi connectivity index (χ3v) is 2.89. The molecule has 0 aliphatic carbocycles. The standard InChI is InChI=1S/C11H19N3O4/c1-3-9(10(16)17)13-11(18)14-5-4-8(6-14)12-7(2)15/h8-9H,3-6H2,1-2H3,(H,12,15)(H,13,18)(H,16,17). The monoisotopic (exact) mass is 257 g/mol. The molecule has 0 aromatic rings. The summed E-state index contributed by atoms with van der Waals surface area (Å²) in [5.74, 6) is -1.16. The molecule has 2 atom stereocenters. The summed E-state index contributed by atoms with van der Waals surface area (Å²) in [6.07, 6.45) is 1.03. The summed E-state index contributed by atoms with van der Waals surface area (Å²) in [5, 5.41) is 14.0. The van der Waals surface area contributed by atoms with E-state index >= 15 is 0 Å². The van der Waals surface area contributed by atoms with Crippen molar-refractivity contribution in [2.45, 2.75) is 38.8 Å². The van der Waals surface area contributed by atoms with Gasteiger partial charge in [0.2, 0.25) is 5.91 Å². The average molecular weight is 257 g/mol. The van der Waals surface area contributed by atoms with Gasteiger partial charge in [-0.25, -0.2) is 9.59 Å². The molecule has 1 saturated heterocycles. The molecule has 2 unspecified atom stereocenters. The highest BCUT2D eigenvalue weighted by Gasteiger charge is 2.28. The number of hydrogen-bond acceptors (Lipinski definition) is 3. The zero-order valence-electron chi connectivity index (χ0n) is 10.6. The molecule has 1 heterocycles. The van der Waals surface area contributed by atoms with Crippen LogP contribution in [0.25, 0.3) is 0 Å². The van der Waals surface area contributed by atoms with Crippen LogP contribution in [0.15, 0.2) is 0 Å². The highest BCUT2D eigenvalue weighted by Crippen LogP contribution is 2.09. The number of amides is 3. The molecule has 1 aliphatic heterocycles. The topological polar surface area (TPSA) is 98.7 Å². The summed E-state index contributed by atoms with van der Waals surface area (Å²) in [6, 6.07) is -1.30. The Hall–Kier alpha value is -1.79. The van der Waals surface area contributed by atoms with Crippen molar-refractivity contribution in [3.63, 3.8) is 0 Å². The summed E-state index contributed by atoms with van der Waals surface area (Å²) >= 11 is 0. The summed E-state index contributed by atoms with van der Waals surface area (Å²) < 4.78 is 0. The van der Waals surface area contributed by atoms with Crippen LogP contribution in [0.4, 0.5) is 4.79 Å². The molecule has 3 amide bonds. The van der Waals surface area contributed by atoms with Gasteiger partial charge in [-0.2, -0.15) is 0 Å². The maximum Gasteiger partial charge on any atom is 0.326 e. The first kappa shape index (κ1) is 14.3. The van der Waals surface area contributed by atoms with E-state index in [0.29, 0.717) is 25.9 Å². The molecule has 18 heavy (non-hydrogen) atoms. The lowest BCUT2D eigenvalue weighted by atomic mass is 10.2. The predicted molar refractivity (Wildman–Crippen MR) is 64.0 cm³/mol. The lowest BCUT2D eigenvalue weighted by Crippen LogP contribution is -2.47. The second-order valence-electron chi connectivity index (χ2n) is 4.38. The maximum absolute atomic E-state index is 11.8. The molecule has 0 aromatic carbocycles. The first-order valence-electron chi connectivity index (χ1n) is 5.99. The van der Waals surface area contributed by atoms with E-state index in [0.717, 1.165) is 0 Å². The fourth-order valence-electron chi connectivity index (χ4n) is 1.93. The van der Waals surface area contributed by atoms with Crippen LogP contribution in [0.3, 0.4) is 0 Å². The number of carboxylic acids is 1. The second-order valence-corrected chi connectivity index (χ2v) is 4.38. The van der Waals surface area contributed by atoms with Gasteiger partial charge in [0, 0.05) is 26.1 Å². The summed E-state index contributed by atoms with van der Waals surface area (Å²) in [6.45, 7) is 4.07. The van der Waals surface area contributed by atoms with Crippen LogP contribution in [0, 0.1) is 0 Å². The molecule has 7 heteroatoms. The minimum atomic E-state index is -1.04. The minimum absolute atomic E-state index is 0.0434. The number of nitrogens with zero attached hydrogens (tertiary/aromatic N) is 1. The number of nitrogens with one attached hydrogen (secondary N) is 2. The number of aliphatic carboxylic acids is 1. The Bertz CT molecular complexity index is 345. The Labute approximate surface area is 106 Å². The Morgan fingerprint density at radius 3 is 2.61 bits per heavy atom. The third-order valence-electron chi connectivity index (χ3n) is 2.89. The average Bonchev–Trinajstić information content (AvgIpc) is 2.72. The van der Waals surface area contributed by atoms with Gasteiger partial charge in [0.15, 0.2) is 0 Å². The van der Waals surface area contributed by atoms with Gasteiger partial charge in [-0.3, -0.25) is 4.79 Å². The largest absolute Gasteiger partial charge is 0.480 e. The van der Waals surface area contributed by atoms with Crippen molar-refractivity contribution in [3.8, 4) is 0 Å². The van der Waals surface area contributed by atoms with Crippen LogP contribution in [0.1, 0.15) is 26.7 Å². The SMILES string of the molecule is CCC(NC(=O)N1CCC(NC(C)=O)C1)C(=O)O. The molecule has 1 rings (SSSR count). The van der Waals surface area contributed by atoms with Crippen LogP contribution in [-0.2, 0) is 9.59 Å². The van der Waals surface area contributed by atoms with E-state index < -0.39 is 18.0 Å². The molecule has 102 valence electrons. The van der Waals surface area contributed by atoms with Gasteiger partial charge in [0.1, 0.15) is 6.04 Å². The van der Waals surface area contributed by atoms with Crippen molar-refractivity contribution in [3.05, 3.63) is 0 Å². The lowest BCUT2D eigenvalue weighted by molar-refractivity contribution is -0.139. The predicted octanol–water partition coefficient (Wildman–Crippen LogP) is -0.230. The summed E-state index contributed by atoms with van der Waals surface area (Å²) in [7, 11) is 0. The van der Waals surface area contributed by atoms with Gasteiger partial charge < -0.3 is 20.6 Å². The number of hydrogen-bond donors (Lipinski definition) is 3. The fourth-order valence-corrected chi connectivity index (χ4v) is 1.93. The minimum Gasteiger partial charge on any atom is -0.480 e. The number of urea groups is 1. The van der Waals surface area contributed by atoms with Crippen LogP contribution in [0.5, 0.6) is 0 Å². The van der Waals surface area contributed by atoms with Crippen LogP contribution in [0.2, 0.25) is 0 Å². The number of rotatable bonds is 4. The van der Waals surface area contributed by atoms with E-state index in [-0.39, 0.29) is 11.9 Å². The van der Waals surface area contributed by atoms with Crippen molar-refractivity contribution < 1.29 is 19.5 Å². The van der Waals surface area contributed by atoms with Gasteiger partial charge in [0.05, 0.1) is 0 Å². The molecular formula is C11H19N3O4. The molecule has 1 aliphatic rings. The van der Waals surface area contributed by atoms with Crippen LogP contribution in [-0.4, -0.2) is 53.1 Å². The van der Waals surface area contributed by atoms with Crippen molar-refractivity contribution in [2.24, 2.45) is 0 Å².